The maximum absolute atomic E-state index is 5.28. The maximum atomic E-state index is 5.28. The van der Waals surface area contributed by atoms with Crippen molar-refractivity contribution in [3.8, 4) is 0 Å². The van der Waals surface area contributed by atoms with Crippen molar-refractivity contribution in [2.24, 2.45) is 0 Å². The predicted octanol–water partition coefficient (Wildman–Crippen LogP) is 12.0. The molecule has 4 aromatic rings. The lowest BCUT2D eigenvalue weighted by atomic mass is 10.0. The Kier molecular flexibility index (Phi) is 17.5. The Bertz CT molecular complexity index is 1210. The van der Waals surface area contributed by atoms with Gasteiger partial charge in [-0.2, -0.15) is 0 Å². The molecule has 0 aliphatic rings. The Hall–Kier alpha value is -2.87. The highest BCUT2D eigenvalue weighted by atomic mass is 32.1. The van der Waals surface area contributed by atoms with E-state index in [0.717, 1.165) is 34.6 Å². The van der Waals surface area contributed by atoms with Crippen molar-refractivity contribution in [1.82, 2.24) is 24.9 Å². The molecule has 0 aromatic carbocycles. The van der Waals surface area contributed by atoms with Gasteiger partial charge in [0.25, 0.3) is 0 Å². The largest absolute Gasteiger partial charge is 0.448 e. The van der Waals surface area contributed by atoms with E-state index in [1.165, 1.54) is 16.3 Å². The minimum absolute atomic E-state index is 0.391. The van der Waals surface area contributed by atoms with Crippen LogP contribution in [0.1, 0.15) is 203 Å². The molecule has 4 aromatic heterocycles. The second-order valence-electron chi connectivity index (χ2n) is 13.9. The minimum Gasteiger partial charge on any atom is -0.448 e. The lowest BCUT2D eigenvalue weighted by Gasteiger charge is -2.07. The lowest BCUT2D eigenvalue weighted by molar-refractivity contribution is 0.470. The molecule has 0 radical (unpaired) electrons. The van der Waals surface area contributed by atoms with Crippen LogP contribution in [0.3, 0.4) is 0 Å². The predicted molar refractivity (Wildman–Crippen MR) is 190 cm³/mol. The SMILES string of the molecule is CC(C)c1ccnc(C(C)C)n1.CC(C)c1cnc(C(C)C)s1.CC(C)c1coc(C(C)C)n1.CC(C)c1ncoc1C(C)C. The molecule has 0 amide bonds. The van der Waals surface area contributed by atoms with E-state index < -0.39 is 0 Å². The number of nitrogens with zero attached hydrogens (tertiary/aromatic N) is 5. The van der Waals surface area contributed by atoms with E-state index in [-0.39, 0.29) is 0 Å². The molecular formula is C37H61N5O2S. The average Bonchev–Trinajstić information content (AvgIpc) is 3.74. The van der Waals surface area contributed by atoms with Crippen LogP contribution in [0, 0.1) is 0 Å². The van der Waals surface area contributed by atoms with E-state index in [4.69, 9.17) is 8.83 Å². The van der Waals surface area contributed by atoms with E-state index in [2.05, 4.69) is 136 Å². The van der Waals surface area contributed by atoms with Crippen molar-refractivity contribution < 1.29 is 8.83 Å². The second kappa shape index (κ2) is 19.6. The molecule has 0 N–H and O–H groups in total. The molecule has 0 fully saturated rings. The van der Waals surface area contributed by atoms with Gasteiger partial charge in [0.15, 0.2) is 12.3 Å². The normalized spacial score (nSPS) is 11.4. The first kappa shape index (κ1) is 40.2. The summed E-state index contributed by atoms with van der Waals surface area (Å²) in [6.07, 6.45) is 7.13. The fourth-order valence-corrected chi connectivity index (χ4v) is 4.71. The van der Waals surface area contributed by atoms with Crippen molar-refractivity contribution in [1.29, 1.82) is 0 Å². The van der Waals surface area contributed by atoms with Crippen LogP contribution in [0.15, 0.2) is 40.0 Å². The smallest absolute Gasteiger partial charge is 0.196 e. The van der Waals surface area contributed by atoms with Gasteiger partial charge in [-0.15, -0.1) is 11.3 Å². The van der Waals surface area contributed by atoms with E-state index in [1.807, 2.05) is 29.8 Å². The van der Waals surface area contributed by atoms with Gasteiger partial charge in [-0.05, 0) is 29.7 Å². The van der Waals surface area contributed by atoms with Gasteiger partial charge in [-0.3, -0.25) is 0 Å². The van der Waals surface area contributed by atoms with Crippen molar-refractivity contribution in [2.75, 3.05) is 0 Å². The molecule has 45 heavy (non-hydrogen) atoms. The Morgan fingerprint density at radius 3 is 1.53 bits per heavy atom. The summed E-state index contributed by atoms with van der Waals surface area (Å²) in [5.41, 5.74) is 3.28. The molecule has 0 saturated carbocycles. The third-order valence-electron chi connectivity index (χ3n) is 6.73. The van der Waals surface area contributed by atoms with Crippen molar-refractivity contribution >= 4 is 11.3 Å². The van der Waals surface area contributed by atoms with Gasteiger partial charge in [0.2, 0.25) is 0 Å². The summed E-state index contributed by atoms with van der Waals surface area (Å²) in [5.74, 6) is 6.69. The van der Waals surface area contributed by atoms with Crippen LogP contribution in [-0.4, -0.2) is 24.9 Å². The van der Waals surface area contributed by atoms with Crippen LogP contribution in [0.4, 0.5) is 0 Å². The zero-order valence-electron chi connectivity index (χ0n) is 31.0. The molecule has 0 aliphatic carbocycles. The first-order valence-corrected chi connectivity index (χ1v) is 17.4. The molecule has 4 heterocycles. The van der Waals surface area contributed by atoms with Gasteiger partial charge in [-0.1, -0.05) is 111 Å². The van der Waals surface area contributed by atoms with E-state index in [0.29, 0.717) is 47.3 Å². The van der Waals surface area contributed by atoms with Gasteiger partial charge in [-0.25, -0.2) is 24.9 Å². The molecule has 0 spiro atoms. The van der Waals surface area contributed by atoms with Crippen molar-refractivity contribution in [2.45, 2.75) is 158 Å². The van der Waals surface area contributed by atoms with Gasteiger partial charge < -0.3 is 8.83 Å². The van der Waals surface area contributed by atoms with Gasteiger partial charge >= 0.3 is 0 Å². The monoisotopic (exact) mass is 639 g/mol. The summed E-state index contributed by atoms with van der Waals surface area (Å²) in [6, 6.07) is 1.98. The molecule has 8 heteroatoms. The molecule has 7 nitrogen and oxygen atoms in total. The third-order valence-corrected chi connectivity index (χ3v) is 8.33. The standard InChI is InChI=1S/C10H16N2.2C9H15NO.C9H15NS/c1-7(2)9-5-6-11-10(12-9)8(3)4;1-6(2)8-9(7(3)4)11-5-10-8;1-6(2)8-5-11-9(10-8)7(3)4;1-6(2)8-5-10-9(11-8)7(3)4/h5-8H,1-4H3;3*5-7H,1-4H3. The van der Waals surface area contributed by atoms with Gasteiger partial charge in [0, 0.05) is 46.6 Å². The lowest BCUT2D eigenvalue weighted by Crippen LogP contribution is -2.01. The van der Waals surface area contributed by atoms with Crippen LogP contribution >= 0.6 is 11.3 Å². The molecule has 0 saturated heterocycles. The van der Waals surface area contributed by atoms with Crippen LogP contribution in [0.2, 0.25) is 0 Å². The minimum atomic E-state index is 0.391. The fraction of sp³-hybridized carbons (Fsp3) is 0.649. The third kappa shape index (κ3) is 14.0. The molecule has 4 rings (SSSR count). The summed E-state index contributed by atoms with van der Waals surface area (Å²) in [5, 5.41) is 1.26. The second-order valence-corrected chi connectivity index (χ2v) is 15.0. The number of rotatable bonds is 8. The first-order valence-electron chi connectivity index (χ1n) is 16.6. The summed E-state index contributed by atoms with van der Waals surface area (Å²) < 4.78 is 10.6. The summed E-state index contributed by atoms with van der Waals surface area (Å²) in [6.45, 7) is 34.2. The number of aromatic nitrogens is 5. The van der Waals surface area contributed by atoms with Crippen LogP contribution in [0.5, 0.6) is 0 Å². The number of hydrogen-bond acceptors (Lipinski definition) is 8. The zero-order valence-corrected chi connectivity index (χ0v) is 31.8. The number of oxazole rings is 2. The molecule has 252 valence electrons. The highest BCUT2D eigenvalue weighted by Gasteiger charge is 2.14. The summed E-state index contributed by atoms with van der Waals surface area (Å²) in [7, 11) is 0. The van der Waals surface area contributed by atoms with Crippen LogP contribution in [-0.2, 0) is 0 Å². The Morgan fingerprint density at radius 1 is 0.556 bits per heavy atom. The number of thiazole rings is 1. The average molecular weight is 640 g/mol. The van der Waals surface area contributed by atoms with Crippen LogP contribution in [0.25, 0.3) is 0 Å². The molecule has 0 aliphatic heterocycles. The van der Waals surface area contributed by atoms with E-state index in [9.17, 15) is 0 Å². The van der Waals surface area contributed by atoms with E-state index >= 15 is 0 Å². The first-order chi connectivity index (χ1) is 21.0. The van der Waals surface area contributed by atoms with Gasteiger partial charge in [0.05, 0.1) is 16.4 Å². The van der Waals surface area contributed by atoms with Crippen LogP contribution < -0.4 is 0 Å². The summed E-state index contributed by atoms with van der Waals surface area (Å²) >= 11 is 1.84. The highest BCUT2D eigenvalue weighted by molar-refractivity contribution is 7.11. The summed E-state index contributed by atoms with van der Waals surface area (Å²) in [4.78, 5) is 22.9. The Morgan fingerprint density at radius 2 is 1.18 bits per heavy atom. The molecule has 0 bridgehead atoms. The quantitative estimate of drug-likeness (QED) is 0.189. The molecular weight excluding hydrogens is 579 g/mol. The number of hydrogen-bond donors (Lipinski definition) is 0. The van der Waals surface area contributed by atoms with Crippen molar-refractivity contribution in [3.05, 3.63) is 75.6 Å². The zero-order chi connectivity index (χ0) is 34.4. The maximum Gasteiger partial charge on any atom is 0.196 e. The van der Waals surface area contributed by atoms with Crippen molar-refractivity contribution in [3.63, 3.8) is 0 Å². The molecule has 0 atom stereocenters. The van der Waals surface area contributed by atoms with Gasteiger partial charge in [0.1, 0.15) is 17.8 Å². The fourth-order valence-electron chi connectivity index (χ4n) is 3.78. The Labute approximate surface area is 278 Å². The van der Waals surface area contributed by atoms with E-state index in [1.54, 1.807) is 6.26 Å². The Balaban J connectivity index is 0.000000300. The molecule has 0 unspecified atom stereocenters. The topological polar surface area (TPSA) is 90.7 Å². The highest BCUT2D eigenvalue weighted by Crippen LogP contribution is 2.26.